The topological polar surface area (TPSA) is 50.8 Å². The summed E-state index contributed by atoms with van der Waals surface area (Å²) in [6, 6.07) is 15.9. The summed E-state index contributed by atoms with van der Waals surface area (Å²) in [5.41, 5.74) is 2.35. The molecule has 0 spiro atoms. The van der Waals surface area contributed by atoms with Gasteiger partial charge < -0.3 is 19.7 Å². The van der Waals surface area contributed by atoms with Crippen LogP contribution in [0.3, 0.4) is 0 Å². The second-order valence-corrected chi connectivity index (χ2v) is 7.10. The van der Waals surface area contributed by atoms with E-state index in [1.54, 1.807) is 7.11 Å². The quantitative estimate of drug-likeness (QED) is 0.745. The minimum atomic E-state index is -0.552. The Labute approximate surface area is 167 Å². The Hall–Kier alpha value is -2.69. The van der Waals surface area contributed by atoms with Crippen molar-refractivity contribution in [2.75, 3.05) is 25.1 Å². The Bertz CT molecular complexity index is 755. The number of ether oxygens (including phenoxy) is 2. The lowest BCUT2D eigenvalue weighted by Crippen LogP contribution is -2.37. The number of benzene rings is 2. The summed E-state index contributed by atoms with van der Waals surface area (Å²) in [5, 5.41) is 2.99. The van der Waals surface area contributed by atoms with Crippen LogP contribution < -0.4 is 19.7 Å². The number of nitrogens with zero attached hydrogens (tertiary/aromatic N) is 1. The van der Waals surface area contributed by atoms with Gasteiger partial charge in [-0.2, -0.15) is 0 Å². The van der Waals surface area contributed by atoms with Crippen molar-refractivity contribution >= 4 is 11.6 Å². The summed E-state index contributed by atoms with van der Waals surface area (Å²) in [6.07, 6.45) is 3.89. The molecule has 0 saturated carbocycles. The van der Waals surface area contributed by atoms with Crippen molar-refractivity contribution in [1.82, 2.24) is 5.32 Å². The van der Waals surface area contributed by atoms with E-state index in [9.17, 15) is 4.79 Å². The van der Waals surface area contributed by atoms with E-state index in [0.29, 0.717) is 24.5 Å². The molecule has 0 aromatic heterocycles. The zero-order valence-corrected chi connectivity index (χ0v) is 16.8. The number of amides is 1. The molecule has 1 saturated heterocycles. The van der Waals surface area contributed by atoms with Crippen LogP contribution in [0, 0.1) is 0 Å². The molecule has 0 aliphatic carbocycles. The molecule has 28 heavy (non-hydrogen) atoms. The molecule has 1 fully saturated rings. The third-order valence-electron chi connectivity index (χ3n) is 5.13. The largest absolute Gasteiger partial charge is 0.493 e. The van der Waals surface area contributed by atoms with E-state index in [2.05, 4.69) is 34.5 Å². The molecule has 0 radical (unpaired) electrons. The third kappa shape index (κ3) is 5.18. The molecule has 150 valence electrons. The maximum absolute atomic E-state index is 12.6. The first-order chi connectivity index (χ1) is 13.7. The molecule has 1 amide bonds. The van der Waals surface area contributed by atoms with E-state index in [0.717, 1.165) is 18.7 Å². The van der Waals surface area contributed by atoms with Crippen LogP contribution >= 0.6 is 0 Å². The first kappa shape index (κ1) is 20.1. The number of carbonyl (C=O) groups excluding carboxylic acids is 1. The second-order valence-electron chi connectivity index (χ2n) is 7.10. The summed E-state index contributed by atoms with van der Waals surface area (Å²) in [6.45, 7) is 4.70. The molecule has 1 aliphatic rings. The van der Waals surface area contributed by atoms with Crippen molar-refractivity contribution < 1.29 is 14.3 Å². The normalized spacial score (nSPS) is 15.0. The number of rotatable bonds is 8. The molecule has 5 heteroatoms. The molecule has 2 aromatic carbocycles. The van der Waals surface area contributed by atoms with Gasteiger partial charge in [0, 0.05) is 25.3 Å². The number of nitrogens with one attached hydrogen (secondary N) is 1. The molecule has 5 nitrogen and oxygen atoms in total. The molecule has 2 aromatic rings. The predicted octanol–water partition coefficient (Wildman–Crippen LogP) is 4.16. The Morgan fingerprint density at radius 3 is 2.36 bits per heavy atom. The van der Waals surface area contributed by atoms with Gasteiger partial charge in [0.05, 0.1) is 7.11 Å². The highest BCUT2D eigenvalue weighted by atomic mass is 16.5. The summed E-state index contributed by atoms with van der Waals surface area (Å²) < 4.78 is 11.2. The number of carbonyl (C=O) groups is 1. The van der Waals surface area contributed by atoms with Crippen molar-refractivity contribution in [3.8, 4) is 11.5 Å². The minimum absolute atomic E-state index is 0.117. The summed E-state index contributed by atoms with van der Waals surface area (Å²) >= 11 is 0. The smallest absolute Gasteiger partial charge is 0.261 e. The zero-order valence-electron chi connectivity index (χ0n) is 16.8. The SMILES string of the molecule is CC[C@@H](Oc1ccccc1OC)C(=O)NCc1ccc(N2CCCCC2)cc1. The van der Waals surface area contributed by atoms with E-state index in [1.807, 2.05) is 31.2 Å². The van der Waals surface area contributed by atoms with E-state index >= 15 is 0 Å². The van der Waals surface area contributed by atoms with E-state index in [1.165, 1.54) is 24.9 Å². The van der Waals surface area contributed by atoms with Crippen LogP contribution in [0.25, 0.3) is 0 Å². The van der Waals surface area contributed by atoms with Gasteiger partial charge in [0.25, 0.3) is 5.91 Å². The van der Waals surface area contributed by atoms with Gasteiger partial charge >= 0.3 is 0 Å². The fourth-order valence-corrected chi connectivity index (χ4v) is 3.47. The molecule has 1 N–H and O–H groups in total. The van der Waals surface area contributed by atoms with Crippen molar-refractivity contribution in [1.29, 1.82) is 0 Å². The first-order valence-corrected chi connectivity index (χ1v) is 10.1. The maximum Gasteiger partial charge on any atom is 0.261 e. The Kier molecular flexibility index (Phi) is 7.18. The molecule has 1 heterocycles. The number of methoxy groups -OCH3 is 1. The van der Waals surface area contributed by atoms with Gasteiger partial charge in [-0.05, 0) is 55.5 Å². The Morgan fingerprint density at radius 1 is 1.04 bits per heavy atom. The van der Waals surface area contributed by atoms with Crippen LogP contribution in [0.1, 0.15) is 38.2 Å². The van der Waals surface area contributed by atoms with Crippen molar-refractivity contribution in [3.63, 3.8) is 0 Å². The van der Waals surface area contributed by atoms with Gasteiger partial charge in [-0.15, -0.1) is 0 Å². The summed E-state index contributed by atoms with van der Waals surface area (Å²) in [4.78, 5) is 15.0. The van der Waals surface area contributed by atoms with Crippen molar-refractivity contribution in [3.05, 3.63) is 54.1 Å². The number of piperidine rings is 1. The number of hydrogen-bond donors (Lipinski definition) is 1. The van der Waals surface area contributed by atoms with Gasteiger partial charge in [0.2, 0.25) is 0 Å². The highest BCUT2D eigenvalue weighted by Crippen LogP contribution is 2.27. The second kappa shape index (κ2) is 10.0. The van der Waals surface area contributed by atoms with E-state index < -0.39 is 6.10 Å². The number of anilines is 1. The number of hydrogen-bond acceptors (Lipinski definition) is 4. The standard InChI is InChI=1S/C23H30N2O3/c1-3-20(28-22-10-6-5-9-21(22)27-2)23(26)24-17-18-11-13-19(14-12-18)25-15-7-4-8-16-25/h5-6,9-14,20H,3-4,7-8,15-17H2,1-2H3,(H,24,26)/t20-/m1/s1. The first-order valence-electron chi connectivity index (χ1n) is 10.1. The van der Waals surface area contributed by atoms with Crippen LogP contribution in [0.15, 0.2) is 48.5 Å². The monoisotopic (exact) mass is 382 g/mol. The molecule has 3 rings (SSSR count). The molecule has 0 bridgehead atoms. The molecular weight excluding hydrogens is 352 g/mol. The van der Waals surface area contributed by atoms with Gasteiger partial charge in [0.1, 0.15) is 0 Å². The Morgan fingerprint density at radius 2 is 1.71 bits per heavy atom. The molecule has 0 unspecified atom stereocenters. The van der Waals surface area contributed by atoms with E-state index in [4.69, 9.17) is 9.47 Å². The fourth-order valence-electron chi connectivity index (χ4n) is 3.47. The van der Waals surface area contributed by atoms with Gasteiger partial charge in [0.15, 0.2) is 17.6 Å². The lowest BCUT2D eigenvalue weighted by atomic mass is 10.1. The Balaban J connectivity index is 1.54. The van der Waals surface area contributed by atoms with Crippen LogP contribution in [0.2, 0.25) is 0 Å². The van der Waals surface area contributed by atoms with Crippen molar-refractivity contribution in [2.24, 2.45) is 0 Å². The average molecular weight is 383 g/mol. The minimum Gasteiger partial charge on any atom is -0.493 e. The molecule has 1 atom stereocenters. The van der Waals surface area contributed by atoms with Gasteiger partial charge in [-0.1, -0.05) is 31.2 Å². The number of para-hydroxylation sites is 2. The molecular formula is C23H30N2O3. The van der Waals surface area contributed by atoms with Crippen LogP contribution in [-0.4, -0.2) is 32.2 Å². The molecule has 1 aliphatic heterocycles. The highest BCUT2D eigenvalue weighted by Gasteiger charge is 2.19. The fraction of sp³-hybridized carbons (Fsp3) is 0.435. The predicted molar refractivity (Wildman–Crippen MR) is 112 cm³/mol. The summed E-state index contributed by atoms with van der Waals surface area (Å²) in [7, 11) is 1.59. The zero-order chi connectivity index (χ0) is 19.8. The summed E-state index contributed by atoms with van der Waals surface area (Å²) in [5.74, 6) is 1.09. The highest BCUT2D eigenvalue weighted by molar-refractivity contribution is 5.81. The van der Waals surface area contributed by atoms with Gasteiger partial charge in [-0.3, -0.25) is 4.79 Å². The van der Waals surface area contributed by atoms with Crippen molar-refractivity contribution in [2.45, 2.75) is 45.3 Å². The lowest BCUT2D eigenvalue weighted by molar-refractivity contribution is -0.128. The van der Waals surface area contributed by atoms with E-state index in [-0.39, 0.29) is 5.91 Å². The third-order valence-corrected chi connectivity index (χ3v) is 5.13. The van der Waals surface area contributed by atoms with Crippen LogP contribution in [0.4, 0.5) is 5.69 Å². The lowest BCUT2D eigenvalue weighted by Gasteiger charge is -2.28. The van der Waals surface area contributed by atoms with Gasteiger partial charge in [-0.25, -0.2) is 0 Å². The van der Waals surface area contributed by atoms with Crippen LogP contribution in [0.5, 0.6) is 11.5 Å². The average Bonchev–Trinajstić information content (AvgIpc) is 2.77. The van der Waals surface area contributed by atoms with Crippen LogP contribution in [-0.2, 0) is 11.3 Å². The maximum atomic E-state index is 12.6.